The molecule has 1 aromatic rings. The molecule has 0 saturated heterocycles. The number of thiophene rings is 1. The number of hydrogen-bond acceptors (Lipinski definition) is 3. The van der Waals surface area contributed by atoms with E-state index in [0.717, 1.165) is 4.48 Å². The average Bonchev–Trinajstić information content (AvgIpc) is 2.85. The average molecular weight is 331 g/mol. The van der Waals surface area contributed by atoms with Gasteiger partial charge in [0.15, 0.2) is 0 Å². The lowest BCUT2D eigenvalue weighted by Gasteiger charge is -2.05. The molecule has 6 heteroatoms. The maximum atomic E-state index is 11.5. The van der Waals surface area contributed by atoms with Gasteiger partial charge in [-0.15, -0.1) is 11.3 Å². The van der Waals surface area contributed by atoms with Crippen molar-refractivity contribution in [1.82, 2.24) is 10.6 Å². The highest BCUT2D eigenvalue weighted by atomic mass is 79.9. The summed E-state index contributed by atoms with van der Waals surface area (Å²) in [7, 11) is 0. The summed E-state index contributed by atoms with van der Waals surface area (Å²) in [5.41, 5.74) is 0. The van der Waals surface area contributed by atoms with Gasteiger partial charge in [-0.1, -0.05) is 28.6 Å². The molecule has 0 spiro atoms. The molecule has 0 saturated carbocycles. The van der Waals surface area contributed by atoms with E-state index in [1.165, 1.54) is 11.3 Å². The van der Waals surface area contributed by atoms with Crippen LogP contribution in [-0.4, -0.2) is 24.9 Å². The molecule has 0 aromatic carbocycles. The van der Waals surface area contributed by atoms with E-state index in [-0.39, 0.29) is 11.8 Å². The van der Waals surface area contributed by atoms with Crippen LogP contribution < -0.4 is 10.6 Å². The van der Waals surface area contributed by atoms with Crippen LogP contribution in [0.2, 0.25) is 0 Å². The number of halogens is 1. The van der Waals surface area contributed by atoms with Crippen molar-refractivity contribution < 1.29 is 9.59 Å². The summed E-state index contributed by atoms with van der Waals surface area (Å²) in [6, 6.07) is 3.61. The number of hydrogen-bond donors (Lipinski definition) is 2. The highest BCUT2D eigenvalue weighted by Crippen LogP contribution is 2.07. The molecule has 0 unspecified atom stereocenters. The third-order valence-electron chi connectivity index (χ3n) is 2.09. The summed E-state index contributed by atoms with van der Waals surface area (Å²) in [5, 5.41) is 7.33. The predicted molar refractivity (Wildman–Crippen MR) is 77.0 cm³/mol. The molecular weight excluding hydrogens is 316 g/mol. The number of amides is 2. The summed E-state index contributed by atoms with van der Waals surface area (Å²) in [4.78, 5) is 23.6. The van der Waals surface area contributed by atoms with Crippen LogP contribution in [0.25, 0.3) is 0 Å². The third kappa shape index (κ3) is 5.97. The van der Waals surface area contributed by atoms with E-state index in [0.29, 0.717) is 30.8 Å². The van der Waals surface area contributed by atoms with E-state index in [2.05, 4.69) is 33.1 Å². The van der Waals surface area contributed by atoms with Gasteiger partial charge in [-0.25, -0.2) is 0 Å². The molecule has 1 rings (SSSR count). The van der Waals surface area contributed by atoms with Crippen molar-refractivity contribution >= 4 is 39.1 Å². The van der Waals surface area contributed by atoms with E-state index in [4.69, 9.17) is 0 Å². The highest BCUT2D eigenvalue weighted by molar-refractivity contribution is 9.11. The normalized spacial score (nSPS) is 9.83. The lowest BCUT2D eigenvalue weighted by Crippen LogP contribution is -2.27. The summed E-state index contributed by atoms with van der Waals surface area (Å²) in [6.45, 7) is 4.55. The van der Waals surface area contributed by atoms with Crippen LogP contribution in [0.3, 0.4) is 0 Å². The summed E-state index contributed by atoms with van der Waals surface area (Å²) in [5.74, 6) is -0.125. The molecule has 18 heavy (non-hydrogen) atoms. The van der Waals surface area contributed by atoms with Gasteiger partial charge in [-0.2, -0.15) is 0 Å². The number of rotatable bonds is 7. The van der Waals surface area contributed by atoms with Crippen LogP contribution in [0.4, 0.5) is 0 Å². The lowest BCUT2D eigenvalue weighted by molar-refractivity contribution is -0.120. The Bertz CT molecular complexity index is 418. The Morgan fingerprint density at radius 2 is 2.17 bits per heavy atom. The smallest absolute Gasteiger partial charge is 0.261 e. The molecule has 0 radical (unpaired) electrons. The first-order valence-corrected chi connectivity index (χ1v) is 7.18. The van der Waals surface area contributed by atoms with Gasteiger partial charge in [-0.3, -0.25) is 9.59 Å². The molecule has 98 valence electrons. The van der Waals surface area contributed by atoms with Gasteiger partial charge in [0.2, 0.25) is 5.91 Å². The van der Waals surface area contributed by atoms with Crippen LogP contribution in [0.5, 0.6) is 0 Å². The molecule has 1 heterocycles. The SMILES string of the molecule is C=C(Br)CNC(=O)CCCNC(=O)c1cccs1. The van der Waals surface area contributed by atoms with Crippen molar-refractivity contribution in [2.45, 2.75) is 12.8 Å². The minimum Gasteiger partial charge on any atom is -0.352 e. The van der Waals surface area contributed by atoms with Gasteiger partial charge in [0.1, 0.15) is 0 Å². The molecule has 0 atom stereocenters. The summed E-state index contributed by atoms with van der Waals surface area (Å²) >= 11 is 4.56. The number of carbonyl (C=O) groups is 2. The first kappa shape index (κ1) is 14.9. The molecule has 1 aromatic heterocycles. The van der Waals surface area contributed by atoms with Crippen molar-refractivity contribution in [2.24, 2.45) is 0 Å². The fraction of sp³-hybridized carbons (Fsp3) is 0.333. The number of carbonyl (C=O) groups excluding carboxylic acids is 2. The molecule has 0 aliphatic rings. The van der Waals surface area contributed by atoms with Crippen LogP contribution >= 0.6 is 27.3 Å². The lowest BCUT2D eigenvalue weighted by atomic mass is 10.3. The van der Waals surface area contributed by atoms with Gasteiger partial charge < -0.3 is 10.6 Å². The van der Waals surface area contributed by atoms with Crippen molar-refractivity contribution in [2.75, 3.05) is 13.1 Å². The minimum absolute atomic E-state index is 0.0408. The van der Waals surface area contributed by atoms with E-state index >= 15 is 0 Å². The van der Waals surface area contributed by atoms with E-state index in [1.807, 2.05) is 11.4 Å². The summed E-state index contributed by atoms with van der Waals surface area (Å²) < 4.78 is 0.738. The van der Waals surface area contributed by atoms with Crippen molar-refractivity contribution in [1.29, 1.82) is 0 Å². The van der Waals surface area contributed by atoms with Crippen LogP contribution in [0.15, 0.2) is 28.6 Å². The van der Waals surface area contributed by atoms with E-state index < -0.39 is 0 Å². The van der Waals surface area contributed by atoms with Gasteiger partial charge >= 0.3 is 0 Å². The van der Waals surface area contributed by atoms with Crippen molar-refractivity contribution in [3.63, 3.8) is 0 Å². The first-order valence-electron chi connectivity index (χ1n) is 5.51. The van der Waals surface area contributed by atoms with E-state index in [1.54, 1.807) is 6.07 Å². The van der Waals surface area contributed by atoms with Gasteiger partial charge in [-0.05, 0) is 17.9 Å². The van der Waals surface area contributed by atoms with Gasteiger partial charge in [0.25, 0.3) is 5.91 Å². The second-order valence-electron chi connectivity index (χ2n) is 3.63. The maximum Gasteiger partial charge on any atom is 0.261 e. The van der Waals surface area contributed by atoms with Gasteiger partial charge in [0.05, 0.1) is 4.88 Å². The monoisotopic (exact) mass is 330 g/mol. The Hall–Kier alpha value is -1.14. The van der Waals surface area contributed by atoms with Crippen LogP contribution in [0.1, 0.15) is 22.5 Å². The van der Waals surface area contributed by atoms with Crippen LogP contribution in [0, 0.1) is 0 Å². The van der Waals surface area contributed by atoms with Crippen LogP contribution in [-0.2, 0) is 4.79 Å². The maximum absolute atomic E-state index is 11.5. The second kappa shape index (κ2) is 8.05. The van der Waals surface area contributed by atoms with E-state index in [9.17, 15) is 9.59 Å². The predicted octanol–water partition coefficient (Wildman–Crippen LogP) is 2.28. The fourth-order valence-electron chi connectivity index (χ4n) is 1.23. The zero-order valence-electron chi connectivity index (χ0n) is 9.87. The molecule has 0 bridgehead atoms. The third-order valence-corrected chi connectivity index (χ3v) is 3.24. The fourth-order valence-corrected chi connectivity index (χ4v) is 2.01. The Morgan fingerprint density at radius 1 is 1.39 bits per heavy atom. The molecule has 0 fully saturated rings. The highest BCUT2D eigenvalue weighted by Gasteiger charge is 2.06. The molecule has 0 aliphatic carbocycles. The molecule has 0 aliphatic heterocycles. The minimum atomic E-state index is -0.0840. The Balaban J connectivity index is 2.10. The Kier molecular flexibility index (Phi) is 6.67. The zero-order valence-corrected chi connectivity index (χ0v) is 12.3. The number of nitrogens with one attached hydrogen (secondary N) is 2. The van der Waals surface area contributed by atoms with Crippen molar-refractivity contribution in [3.05, 3.63) is 33.5 Å². The van der Waals surface area contributed by atoms with Crippen molar-refractivity contribution in [3.8, 4) is 0 Å². The summed E-state index contributed by atoms with van der Waals surface area (Å²) in [6.07, 6.45) is 1.02. The zero-order chi connectivity index (χ0) is 13.4. The quantitative estimate of drug-likeness (QED) is 0.753. The standard InChI is InChI=1S/C12H15BrN2O2S/c1-9(13)8-15-11(16)5-2-6-14-12(17)10-4-3-7-18-10/h3-4,7H,1-2,5-6,8H2,(H,14,17)(H,15,16). The second-order valence-corrected chi connectivity index (χ2v) is 5.70. The molecule has 2 N–H and O–H groups in total. The Morgan fingerprint density at radius 3 is 2.78 bits per heavy atom. The molecular formula is C12H15BrN2O2S. The first-order chi connectivity index (χ1) is 8.59. The Labute approximate surface area is 119 Å². The molecule has 4 nitrogen and oxygen atoms in total. The topological polar surface area (TPSA) is 58.2 Å². The molecule has 2 amide bonds. The van der Waals surface area contributed by atoms with Gasteiger partial charge in [0, 0.05) is 24.0 Å². The largest absolute Gasteiger partial charge is 0.352 e.